The number of benzene rings is 7. The van der Waals surface area contributed by atoms with Crippen molar-refractivity contribution >= 4 is 78.3 Å². The van der Waals surface area contributed by atoms with E-state index in [9.17, 15) is 13.7 Å². The van der Waals surface area contributed by atoms with Crippen molar-refractivity contribution in [1.82, 2.24) is 0 Å². The van der Waals surface area contributed by atoms with Gasteiger partial charge in [-0.3, -0.25) is 4.55 Å². The Morgan fingerprint density at radius 1 is 0.694 bits per heavy atom. The summed E-state index contributed by atoms with van der Waals surface area (Å²) in [6.45, 7) is 3.96. The van der Waals surface area contributed by atoms with Gasteiger partial charge < -0.3 is 9.80 Å². The molecule has 0 bridgehead atoms. The minimum Gasteiger partial charge on any atom is -0.332 e. The van der Waals surface area contributed by atoms with Crippen molar-refractivity contribution < 1.29 is 43.9 Å². The molecule has 0 radical (unpaired) electrons. The third kappa shape index (κ3) is 14.0. The van der Waals surface area contributed by atoms with Crippen molar-refractivity contribution in [2.45, 2.75) is 64.1 Å². The second-order valence-electron chi connectivity index (χ2n) is 20.7. The molecule has 0 atom stereocenters. The summed E-state index contributed by atoms with van der Waals surface area (Å²) in [5, 5.41) is 11.9. The number of thiophene rings is 1. The summed E-state index contributed by atoms with van der Waals surface area (Å²) in [5.74, 6) is -3.25. The SMILES string of the molecule is C=Cc1ccc(CN(c2ccc(C(=C3C=CC(=[N+](Cc4ccc(CCSCCCS(=O)(=O)O)cc4)c4c(F)cccc4F)C=C3)c3sc(N(c4ccccc4F)C4CCCCC4)c(C#N)c3-c3ccccc3F)cc2)c2c(F)cccc2F)cc1. The molecular formula is C69H59F6N4O3S3+. The Bertz CT molecular complexity index is 3980. The van der Waals surface area contributed by atoms with Gasteiger partial charge in [-0.2, -0.15) is 38.8 Å². The van der Waals surface area contributed by atoms with Gasteiger partial charge in [0.25, 0.3) is 15.8 Å². The molecule has 1 N–H and O–H groups in total. The van der Waals surface area contributed by atoms with Crippen LogP contribution in [0.15, 0.2) is 194 Å². The first kappa shape index (κ1) is 59.9. The monoisotopic (exact) mass is 1200 g/mol. The molecule has 2 aliphatic rings. The molecule has 0 aliphatic heterocycles. The van der Waals surface area contributed by atoms with Gasteiger partial charge in [0.2, 0.25) is 5.71 Å². The number of hydrogen-bond donors (Lipinski definition) is 1. The van der Waals surface area contributed by atoms with Crippen LogP contribution in [0.2, 0.25) is 0 Å². The molecule has 10 rings (SSSR count). The van der Waals surface area contributed by atoms with E-state index in [2.05, 4.69) is 12.6 Å². The van der Waals surface area contributed by atoms with Gasteiger partial charge in [0.15, 0.2) is 18.2 Å². The molecule has 1 saturated carbocycles. The van der Waals surface area contributed by atoms with E-state index in [1.807, 2.05) is 53.4 Å². The quantitative estimate of drug-likeness (QED) is 0.0332. The minimum atomic E-state index is -4.02. The molecule has 7 nitrogen and oxygen atoms in total. The first-order chi connectivity index (χ1) is 41.2. The second-order valence-corrected chi connectivity index (χ2v) is 24.5. The van der Waals surface area contributed by atoms with Crippen LogP contribution in [-0.4, -0.2) is 46.6 Å². The highest BCUT2D eigenvalue weighted by Gasteiger charge is 2.35. The lowest BCUT2D eigenvalue weighted by atomic mass is 9.89. The van der Waals surface area contributed by atoms with E-state index in [0.29, 0.717) is 75.2 Å². The zero-order valence-electron chi connectivity index (χ0n) is 46.2. The molecule has 1 heterocycles. The summed E-state index contributed by atoms with van der Waals surface area (Å²) in [4.78, 5) is 3.91. The van der Waals surface area contributed by atoms with Gasteiger partial charge in [0, 0.05) is 57.6 Å². The lowest BCUT2D eigenvalue weighted by Gasteiger charge is -2.35. The lowest BCUT2D eigenvalue weighted by molar-refractivity contribution is -0.460. The van der Waals surface area contributed by atoms with Gasteiger partial charge in [-0.05, 0) is 132 Å². The van der Waals surface area contributed by atoms with Crippen LogP contribution in [0.1, 0.15) is 76.8 Å². The van der Waals surface area contributed by atoms with Crippen LogP contribution in [-0.2, 0) is 29.6 Å². The van der Waals surface area contributed by atoms with Crippen LogP contribution in [0.5, 0.6) is 0 Å². The van der Waals surface area contributed by atoms with E-state index >= 15 is 26.3 Å². The fourth-order valence-electron chi connectivity index (χ4n) is 11.0. The van der Waals surface area contributed by atoms with Crippen molar-refractivity contribution in [3.8, 4) is 17.2 Å². The largest absolute Gasteiger partial charge is 0.332 e. The number of hydrogen-bond acceptors (Lipinski definition) is 7. The standard InChI is InChI=1S/C69H58F6N4O3S3/c1-2-46-23-27-48(28-24-46)44-77(66-59(72)18-10-19-60(66)73)52-35-31-50(32-36-52)64(68-65(55-15-6-7-16-57(55)70)56(43-76)69(84-68)79(54-13-4-3-5-14-54)63-22-9-8-17-58(63)71)51-33-37-53(38-34-51)78(67-61(74)20-11-21-62(67)75)45-49-29-25-47(26-30-49)39-41-83-40-12-42-85(80,81)82/h2,6-11,15-38,54H,1,3-5,12-14,39-42,44-45H2/p+1. The van der Waals surface area contributed by atoms with Gasteiger partial charge in [-0.25, -0.2) is 17.6 Å². The average molecular weight is 1200 g/mol. The first-order valence-electron chi connectivity index (χ1n) is 27.9. The van der Waals surface area contributed by atoms with Crippen molar-refractivity contribution in [2.24, 2.45) is 0 Å². The van der Waals surface area contributed by atoms with E-state index in [0.717, 1.165) is 41.5 Å². The molecule has 85 heavy (non-hydrogen) atoms. The average Bonchev–Trinajstić information content (AvgIpc) is 4.15. The Hall–Kier alpha value is -8.20. The Labute approximate surface area is 500 Å². The number of halogens is 6. The molecule has 8 aromatic rings. The number of para-hydroxylation sites is 3. The van der Waals surface area contributed by atoms with Gasteiger partial charge in [-0.1, -0.05) is 135 Å². The van der Waals surface area contributed by atoms with Crippen LogP contribution < -0.4 is 9.80 Å². The number of thioether (sulfide) groups is 1. The number of nitriles is 1. The van der Waals surface area contributed by atoms with Crippen LogP contribution in [0.25, 0.3) is 22.8 Å². The molecule has 0 unspecified atom stereocenters. The van der Waals surface area contributed by atoms with Crippen molar-refractivity contribution in [3.05, 3.63) is 267 Å². The number of anilines is 4. The van der Waals surface area contributed by atoms with Gasteiger partial charge in [0.05, 0.1) is 17.0 Å². The van der Waals surface area contributed by atoms with Crippen LogP contribution in [0.4, 0.5) is 54.1 Å². The molecule has 16 heteroatoms. The molecule has 1 fully saturated rings. The van der Waals surface area contributed by atoms with E-state index < -0.39 is 45.0 Å². The molecule has 0 saturated heterocycles. The fraction of sp³-hybridized carbons (Fsp3) is 0.188. The summed E-state index contributed by atoms with van der Waals surface area (Å²) in [5.41, 5.74) is 6.09. The fourth-order valence-corrected chi connectivity index (χ4v) is 14.0. The summed E-state index contributed by atoms with van der Waals surface area (Å²) < 4.78 is 130. The highest BCUT2D eigenvalue weighted by atomic mass is 32.2. The smallest absolute Gasteiger partial charge is 0.278 e. The maximum atomic E-state index is 16.7. The topological polar surface area (TPSA) is 87.7 Å². The second kappa shape index (κ2) is 27.2. The molecule has 1 aromatic heterocycles. The van der Waals surface area contributed by atoms with Crippen LogP contribution in [0.3, 0.4) is 0 Å². The third-order valence-electron chi connectivity index (χ3n) is 15.1. The summed E-state index contributed by atoms with van der Waals surface area (Å²) in [7, 11) is -4.02. The normalized spacial score (nSPS) is 13.4. The Balaban J connectivity index is 1.14. The predicted molar refractivity (Wildman–Crippen MR) is 333 cm³/mol. The van der Waals surface area contributed by atoms with Gasteiger partial charge in [0.1, 0.15) is 40.0 Å². The Morgan fingerprint density at radius 3 is 1.92 bits per heavy atom. The van der Waals surface area contributed by atoms with Crippen LogP contribution >= 0.6 is 23.1 Å². The molecule has 0 amide bonds. The lowest BCUT2D eigenvalue weighted by Crippen LogP contribution is -2.33. The van der Waals surface area contributed by atoms with E-state index in [1.54, 1.807) is 112 Å². The highest BCUT2D eigenvalue weighted by Crippen LogP contribution is 2.52. The van der Waals surface area contributed by atoms with Crippen LogP contribution in [0, 0.1) is 46.2 Å². The zero-order valence-corrected chi connectivity index (χ0v) is 48.7. The number of aryl methyl sites for hydroxylation is 1. The van der Waals surface area contributed by atoms with Crippen molar-refractivity contribution in [3.63, 3.8) is 0 Å². The Morgan fingerprint density at radius 2 is 1.29 bits per heavy atom. The van der Waals surface area contributed by atoms with Gasteiger partial charge in [-0.15, -0.1) is 11.3 Å². The van der Waals surface area contributed by atoms with Crippen molar-refractivity contribution in [1.29, 1.82) is 5.26 Å². The summed E-state index contributed by atoms with van der Waals surface area (Å²) in [6, 6.07) is 44.4. The highest BCUT2D eigenvalue weighted by molar-refractivity contribution is 7.99. The van der Waals surface area contributed by atoms with Gasteiger partial charge >= 0.3 is 0 Å². The molecule has 2 aliphatic carbocycles. The zero-order chi connectivity index (χ0) is 59.6. The van der Waals surface area contributed by atoms with E-state index in [4.69, 9.17) is 4.55 Å². The molecular weight excluding hydrogens is 1140 g/mol. The number of nitrogens with zero attached hydrogens (tertiary/aromatic N) is 4. The minimum absolute atomic E-state index is 0.0433. The number of rotatable bonds is 21. The maximum absolute atomic E-state index is 16.7. The van der Waals surface area contributed by atoms with Crippen molar-refractivity contribution in [2.75, 3.05) is 27.1 Å². The molecule has 7 aromatic carbocycles. The van der Waals surface area contributed by atoms with E-state index in [-0.39, 0.29) is 58.6 Å². The molecule has 432 valence electrons. The molecule has 0 spiro atoms. The Kier molecular flexibility index (Phi) is 19.2. The summed E-state index contributed by atoms with van der Waals surface area (Å²) in [6.07, 6.45) is 13.9. The third-order valence-corrected chi connectivity index (χ3v) is 18.2. The predicted octanol–water partition coefficient (Wildman–Crippen LogP) is 18.0. The number of allylic oxidation sites excluding steroid dienone is 5. The summed E-state index contributed by atoms with van der Waals surface area (Å²) >= 11 is 2.80. The maximum Gasteiger partial charge on any atom is 0.278 e. The first-order valence-corrected chi connectivity index (χ1v) is 31.5. The van der Waals surface area contributed by atoms with E-state index in [1.165, 1.54) is 59.9 Å².